The summed E-state index contributed by atoms with van der Waals surface area (Å²) in [5.41, 5.74) is 8.82. The number of nitriles is 1. The Kier molecular flexibility index (Phi) is 8.44. The van der Waals surface area contributed by atoms with Gasteiger partial charge in [-0.15, -0.1) is 0 Å². The predicted octanol–water partition coefficient (Wildman–Crippen LogP) is 8.35. The van der Waals surface area contributed by atoms with Crippen LogP contribution in [0.1, 0.15) is 73.3 Å². The predicted molar refractivity (Wildman–Crippen MR) is 175 cm³/mol. The highest BCUT2D eigenvalue weighted by Gasteiger charge is 2.27. The monoisotopic (exact) mass is 557 g/mol. The third-order valence-electron chi connectivity index (χ3n) is 9.31. The van der Waals surface area contributed by atoms with Gasteiger partial charge in [-0.25, -0.2) is 4.98 Å². The molecule has 3 heterocycles. The maximum absolute atomic E-state index is 10.3. The average Bonchev–Trinajstić information content (AvgIpc) is 3.40. The van der Waals surface area contributed by atoms with Crippen molar-refractivity contribution in [2.75, 3.05) is 31.1 Å². The zero-order valence-corrected chi connectivity index (χ0v) is 25.5. The summed E-state index contributed by atoms with van der Waals surface area (Å²) in [4.78, 5) is 10.2. The summed E-state index contributed by atoms with van der Waals surface area (Å²) in [6, 6.07) is 24.2. The third-order valence-corrected chi connectivity index (χ3v) is 9.31. The van der Waals surface area contributed by atoms with Crippen molar-refractivity contribution in [3.05, 3.63) is 88.5 Å². The summed E-state index contributed by atoms with van der Waals surface area (Å²) in [7, 11) is 0. The highest BCUT2D eigenvalue weighted by atomic mass is 15.3. The van der Waals surface area contributed by atoms with Crippen LogP contribution in [0.25, 0.3) is 27.5 Å². The maximum Gasteiger partial charge on any atom is 0.157 e. The van der Waals surface area contributed by atoms with E-state index in [1.165, 1.54) is 65.4 Å². The molecule has 0 spiro atoms. The van der Waals surface area contributed by atoms with Gasteiger partial charge in [-0.3, -0.25) is 9.30 Å². The number of benzene rings is 3. The minimum absolute atomic E-state index is 0.723. The molecule has 216 valence electrons. The Morgan fingerprint density at radius 2 is 1.55 bits per heavy atom. The Morgan fingerprint density at radius 1 is 0.810 bits per heavy atom. The van der Waals surface area contributed by atoms with E-state index in [0.29, 0.717) is 0 Å². The number of nitrogens with zero attached hydrogens (tertiary/aromatic N) is 5. The zero-order valence-electron chi connectivity index (χ0n) is 25.5. The largest absolute Gasteiger partial charge is 0.355 e. The molecule has 0 bridgehead atoms. The number of imidazole rings is 1. The van der Waals surface area contributed by atoms with Gasteiger partial charge in [0.25, 0.3) is 0 Å². The molecule has 42 heavy (non-hydrogen) atoms. The van der Waals surface area contributed by atoms with Gasteiger partial charge in [0.2, 0.25) is 0 Å². The van der Waals surface area contributed by atoms with Crippen molar-refractivity contribution in [1.82, 2.24) is 14.3 Å². The van der Waals surface area contributed by atoms with E-state index in [1.807, 2.05) is 6.07 Å². The minimum atomic E-state index is 0.723. The van der Waals surface area contributed by atoms with Crippen molar-refractivity contribution in [3.8, 4) is 6.07 Å². The Morgan fingerprint density at radius 3 is 2.36 bits per heavy atom. The lowest BCUT2D eigenvalue weighted by atomic mass is 9.97. The maximum atomic E-state index is 10.3. The molecule has 1 aliphatic rings. The van der Waals surface area contributed by atoms with Crippen LogP contribution in [0.2, 0.25) is 0 Å². The number of hydrogen-bond acceptors (Lipinski definition) is 4. The van der Waals surface area contributed by atoms with Crippen molar-refractivity contribution in [2.45, 2.75) is 72.3 Å². The topological polar surface area (TPSA) is 47.6 Å². The van der Waals surface area contributed by atoms with E-state index in [-0.39, 0.29) is 0 Å². The number of hydrogen-bond donors (Lipinski definition) is 0. The van der Waals surface area contributed by atoms with E-state index in [4.69, 9.17) is 4.98 Å². The van der Waals surface area contributed by atoms with Crippen molar-refractivity contribution < 1.29 is 0 Å². The van der Waals surface area contributed by atoms with Crippen molar-refractivity contribution >= 4 is 33.3 Å². The molecular formula is C37H43N5. The van der Waals surface area contributed by atoms with Crippen LogP contribution in [-0.2, 0) is 13.0 Å². The first-order valence-electron chi connectivity index (χ1n) is 15.9. The summed E-state index contributed by atoms with van der Waals surface area (Å²) >= 11 is 0. The molecule has 0 saturated carbocycles. The van der Waals surface area contributed by atoms with Crippen LogP contribution in [0.15, 0.2) is 60.7 Å². The molecule has 0 radical (unpaired) electrons. The lowest BCUT2D eigenvalue weighted by molar-refractivity contribution is 0.249. The Labute approximate surface area is 250 Å². The smallest absolute Gasteiger partial charge is 0.157 e. The second-order valence-electron chi connectivity index (χ2n) is 12.0. The van der Waals surface area contributed by atoms with Gasteiger partial charge in [0.1, 0.15) is 11.9 Å². The van der Waals surface area contributed by atoms with Crippen LogP contribution >= 0.6 is 0 Å². The summed E-state index contributed by atoms with van der Waals surface area (Å²) in [5.74, 6) is 1.25. The van der Waals surface area contributed by atoms with Crippen molar-refractivity contribution in [2.24, 2.45) is 0 Å². The SMILES string of the molecule is CCCCCCCCc1c(C)c(C#N)c2nc3ccccc3n2c1N1CCN(Cc2c(C)ccc3ccccc23)CC1. The van der Waals surface area contributed by atoms with Gasteiger partial charge < -0.3 is 4.90 Å². The molecule has 5 nitrogen and oxygen atoms in total. The standard InChI is InChI=1S/C37H43N5/c1-4-5-6-7-8-9-15-30-28(3)32(25-38)36-39-34-17-12-13-18-35(34)42(36)37(30)41-23-21-40(22-24-41)26-33-27(2)19-20-29-14-10-11-16-31(29)33/h10-14,16-20H,4-9,15,21-24,26H2,1-3H3. The average molecular weight is 558 g/mol. The van der Waals surface area contributed by atoms with Crippen LogP contribution in [0, 0.1) is 25.2 Å². The molecule has 0 N–H and O–H groups in total. The van der Waals surface area contributed by atoms with E-state index in [1.54, 1.807) is 0 Å². The lowest BCUT2D eigenvalue weighted by Gasteiger charge is -2.38. The second-order valence-corrected chi connectivity index (χ2v) is 12.0. The summed E-state index contributed by atoms with van der Waals surface area (Å²) < 4.78 is 2.30. The van der Waals surface area contributed by atoms with Crippen molar-refractivity contribution in [3.63, 3.8) is 0 Å². The van der Waals surface area contributed by atoms with Gasteiger partial charge in [0, 0.05) is 32.7 Å². The zero-order chi connectivity index (χ0) is 29.1. The first kappa shape index (κ1) is 28.2. The van der Waals surface area contributed by atoms with E-state index in [0.717, 1.165) is 73.4 Å². The van der Waals surface area contributed by atoms with Gasteiger partial charge in [-0.05, 0) is 71.8 Å². The summed E-state index contributed by atoms with van der Waals surface area (Å²) in [6.45, 7) is 11.6. The van der Waals surface area contributed by atoms with E-state index >= 15 is 0 Å². The Hall–Kier alpha value is -3.88. The molecule has 5 aromatic rings. The van der Waals surface area contributed by atoms with Crippen LogP contribution < -0.4 is 4.90 Å². The number of rotatable bonds is 10. The fraction of sp³-hybridized carbons (Fsp3) is 0.405. The second kappa shape index (κ2) is 12.5. The molecule has 2 aromatic heterocycles. The molecule has 0 atom stereocenters. The van der Waals surface area contributed by atoms with Gasteiger partial charge >= 0.3 is 0 Å². The molecule has 0 aliphatic carbocycles. The molecular weight excluding hydrogens is 514 g/mol. The molecule has 5 heteroatoms. The number of unbranched alkanes of at least 4 members (excludes halogenated alkanes) is 5. The number of aryl methyl sites for hydroxylation is 1. The first-order valence-corrected chi connectivity index (χ1v) is 15.9. The van der Waals surface area contributed by atoms with E-state index in [2.05, 4.69) is 95.6 Å². The molecule has 1 fully saturated rings. The van der Waals surface area contributed by atoms with E-state index in [9.17, 15) is 5.26 Å². The number of fused-ring (bicyclic) bond motifs is 4. The first-order chi connectivity index (χ1) is 20.6. The Balaban J connectivity index is 1.32. The number of pyridine rings is 1. The minimum Gasteiger partial charge on any atom is -0.355 e. The normalized spacial score (nSPS) is 14.3. The van der Waals surface area contributed by atoms with Crippen molar-refractivity contribution in [1.29, 1.82) is 5.26 Å². The quantitative estimate of drug-likeness (QED) is 0.162. The van der Waals surface area contributed by atoms with Gasteiger partial charge in [0.05, 0.1) is 16.6 Å². The molecule has 1 aliphatic heterocycles. The van der Waals surface area contributed by atoms with E-state index < -0.39 is 0 Å². The van der Waals surface area contributed by atoms with Crippen LogP contribution in [0.4, 0.5) is 5.82 Å². The van der Waals surface area contributed by atoms with Gasteiger partial charge in [-0.2, -0.15) is 5.26 Å². The summed E-state index contributed by atoms with van der Waals surface area (Å²) in [6.07, 6.45) is 8.58. The van der Waals surface area contributed by atoms with Crippen LogP contribution in [0.3, 0.4) is 0 Å². The molecule has 1 saturated heterocycles. The fourth-order valence-electron chi connectivity index (χ4n) is 6.87. The molecule has 6 rings (SSSR count). The van der Waals surface area contributed by atoms with Gasteiger partial charge in [0.15, 0.2) is 5.65 Å². The fourth-order valence-corrected chi connectivity index (χ4v) is 6.87. The number of anilines is 1. The molecule has 0 unspecified atom stereocenters. The number of aromatic nitrogens is 2. The summed E-state index contributed by atoms with van der Waals surface area (Å²) in [5, 5.41) is 13.0. The van der Waals surface area contributed by atoms with Crippen LogP contribution in [-0.4, -0.2) is 40.5 Å². The number of para-hydroxylation sites is 2. The molecule has 3 aromatic carbocycles. The number of piperazine rings is 1. The van der Waals surface area contributed by atoms with Crippen LogP contribution in [0.5, 0.6) is 0 Å². The highest BCUT2D eigenvalue weighted by molar-refractivity contribution is 5.87. The third kappa shape index (κ3) is 5.37. The molecule has 0 amide bonds. The highest BCUT2D eigenvalue weighted by Crippen LogP contribution is 2.35. The lowest BCUT2D eigenvalue weighted by Crippen LogP contribution is -2.47. The Bertz CT molecular complexity index is 1750. The van der Waals surface area contributed by atoms with Gasteiger partial charge in [-0.1, -0.05) is 87.6 Å².